The van der Waals surface area contributed by atoms with Crippen LogP contribution in [0.1, 0.15) is 29.2 Å². The van der Waals surface area contributed by atoms with E-state index >= 15 is 0 Å². The molecule has 140 valence electrons. The van der Waals surface area contributed by atoms with E-state index in [1.807, 2.05) is 17.5 Å². The summed E-state index contributed by atoms with van der Waals surface area (Å²) in [5.41, 5.74) is 0.162. The maximum atomic E-state index is 12.7. The Bertz CT molecular complexity index is 1040. The molecule has 4 rings (SSSR count). The van der Waals surface area contributed by atoms with Gasteiger partial charge in [-0.25, -0.2) is 9.48 Å². The van der Waals surface area contributed by atoms with Gasteiger partial charge in [-0.05, 0) is 42.5 Å². The van der Waals surface area contributed by atoms with Crippen molar-refractivity contribution in [3.8, 4) is 10.7 Å². The average Bonchev–Trinajstić information content (AvgIpc) is 3.22. The molecule has 0 unspecified atom stereocenters. The van der Waals surface area contributed by atoms with Gasteiger partial charge in [-0.1, -0.05) is 29.3 Å². The highest BCUT2D eigenvalue weighted by Crippen LogP contribution is 2.37. The van der Waals surface area contributed by atoms with Gasteiger partial charge in [-0.3, -0.25) is 9.36 Å². The van der Waals surface area contributed by atoms with E-state index in [0.29, 0.717) is 21.4 Å². The van der Waals surface area contributed by atoms with Gasteiger partial charge in [0.1, 0.15) is 0 Å². The van der Waals surface area contributed by atoms with Crippen molar-refractivity contribution in [1.29, 1.82) is 0 Å². The van der Waals surface area contributed by atoms with Crippen LogP contribution in [-0.2, 0) is 6.54 Å². The van der Waals surface area contributed by atoms with E-state index in [1.54, 1.807) is 28.0 Å². The van der Waals surface area contributed by atoms with Crippen LogP contribution in [0.4, 0.5) is 0 Å². The second-order valence-corrected chi connectivity index (χ2v) is 8.08. The number of nitrogens with zero attached hydrogens (tertiary/aromatic N) is 3. The fourth-order valence-corrected chi connectivity index (χ4v) is 3.92. The molecule has 0 spiro atoms. The predicted molar refractivity (Wildman–Crippen MR) is 107 cm³/mol. The highest BCUT2D eigenvalue weighted by Gasteiger charge is 2.30. The fourth-order valence-electron chi connectivity index (χ4n) is 2.84. The van der Waals surface area contributed by atoms with Crippen molar-refractivity contribution in [1.82, 2.24) is 19.7 Å². The Morgan fingerprint density at radius 3 is 2.81 bits per heavy atom. The number of carbonyl (C=O) groups is 1. The highest BCUT2D eigenvalue weighted by atomic mass is 35.5. The molecule has 1 aliphatic carbocycles. The van der Waals surface area contributed by atoms with Crippen molar-refractivity contribution >= 4 is 40.4 Å². The average molecular weight is 423 g/mol. The third kappa shape index (κ3) is 3.81. The first-order valence-electron chi connectivity index (χ1n) is 8.51. The SMILES string of the molecule is O=C(NCCn1nc(-c2cccs2)n(C2CC2)c1=O)c1cc(Cl)ccc1Cl. The molecular weight excluding hydrogens is 407 g/mol. The van der Waals surface area contributed by atoms with Gasteiger partial charge in [0, 0.05) is 17.6 Å². The van der Waals surface area contributed by atoms with E-state index < -0.39 is 0 Å². The first kappa shape index (κ1) is 18.3. The van der Waals surface area contributed by atoms with Crippen molar-refractivity contribution < 1.29 is 4.79 Å². The van der Waals surface area contributed by atoms with Gasteiger partial charge in [0.2, 0.25) is 0 Å². The monoisotopic (exact) mass is 422 g/mol. The Kier molecular flexibility index (Phi) is 5.08. The fraction of sp³-hybridized carbons (Fsp3) is 0.278. The number of amides is 1. The molecule has 0 aliphatic heterocycles. The maximum Gasteiger partial charge on any atom is 0.346 e. The first-order valence-corrected chi connectivity index (χ1v) is 10.1. The second kappa shape index (κ2) is 7.50. The molecule has 9 heteroatoms. The topological polar surface area (TPSA) is 68.9 Å². The second-order valence-electron chi connectivity index (χ2n) is 6.29. The van der Waals surface area contributed by atoms with Gasteiger partial charge in [-0.15, -0.1) is 16.4 Å². The first-order chi connectivity index (χ1) is 13.0. The lowest BCUT2D eigenvalue weighted by atomic mass is 10.2. The molecule has 0 saturated heterocycles. The minimum atomic E-state index is -0.337. The molecule has 0 radical (unpaired) electrons. The lowest BCUT2D eigenvalue weighted by Gasteiger charge is -2.07. The Morgan fingerprint density at radius 2 is 2.11 bits per heavy atom. The number of rotatable bonds is 6. The van der Waals surface area contributed by atoms with Crippen LogP contribution in [0.15, 0.2) is 40.5 Å². The van der Waals surface area contributed by atoms with E-state index in [2.05, 4.69) is 10.4 Å². The van der Waals surface area contributed by atoms with Crippen molar-refractivity contribution in [3.05, 3.63) is 61.8 Å². The summed E-state index contributed by atoms with van der Waals surface area (Å²) in [7, 11) is 0. The number of benzene rings is 1. The van der Waals surface area contributed by atoms with Crippen molar-refractivity contribution in [2.24, 2.45) is 0 Å². The molecule has 3 aromatic rings. The number of carbonyl (C=O) groups excluding carboxylic acids is 1. The van der Waals surface area contributed by atoms with E-state index in [-0.39, 0.29) is 30.7 Å². The van der Waals surface area contributed by atoms with Gasteiger partial charge < -0.3 is 5.32 Å². The molecule has 1 fully saturated rings. The minimum absolute atomic E-state index is 0.143. The summed E-state index contributed by atoms with van der Waals surface area (Å²) in [6.45, 7) is 0.536. The third-order valence-corrected chi connectivity index (χ3v) is 5.74. The van der Waals surface area contributed by atoms with Crippen LogP contribution in [0.3, 0.4) is 0 Å². The lowest BCUT2D eigenvalue weighted by Crippen LogP contribution is -2.32. The van der Waals surface area contributed by atoms with Gasteiger partial charge >= 0.3 is 5.69 Å². The molecule has 0 atom stereocenters. The molecule has 6 nitrogen and oxygen atoms in total. The summed E-state index contributed by atoms with van der Waals surface area (Å²) in [5, 5.41) is 9.98. The molecule has 2 aromatic heterocycles. The minimum Gasteiger partial charge on any atom is -0.350 e. The molecule has 1 aromatic carbocycles. The molecule has 1 N–H and O–H groups in total. The Labute approximate surface area is 169 Å². The Morgan fingerprint density at radius 1 is 1.30 bits per heavy atom. The zero-order valence-corrected chi connectivity index (χ0v) is 16.5. The third-order valence-electron chi connectivity index (χ3n) is 4.31. The smallest absolute Gasteiger partial charge is 0.346 e. The summed E-state index contributed by atoms with van der Waals surface area (Å²) in [4.78, 5) is 26.0. The number of nitrogens with one attached hydrogen (secondary N) is 1. The van der Waals surface area contributed by atoms with Crippen molar-refractivity contribution in [3.63, 3.8) is 0 Å². The summed E-state index contributed by atoms with van der Waals surface area (Å²) in [6.07, 6.45) is 1.99. The summed E-state index contributed by atoms with van der Waals surface area (Å²) in [6, 6.07) is 8.84. The summed E-state index contributed by atoms with van der Waals surface area (Å²) < 4.78 is 3.18. The molecule has 0 bridgehead atoms. The van der Waals surface area contributed by atoms with Crippen LogP contribution >= 0.6 is 34.5 Å². The van der Waals surface area contributed by atoms with E-state index in [9.17, 15) is 9.59 Å². The molecule has 1 amide bonds. The zero-order valence-electron chi connectivity index (χ0n) is 14.2. The number of hydrogen-bond acceptors (Lipinski definition) is 4. The van der Waals surface area contributed by atoms with Crippen LogP contribution in [0.25, 0.3) is 10.7 Å². The molecular formula is C18H16Cl2N4O2S. The number of thiophene rings is 1. The van der Waals surface area contributed by atoms with Crippen LogP contribution in [0.5, 0.6) is 0 Å². The largest absolute Gasteiger partial charge is 0.350 e. The van der Waals surface area contributed by atoms with E-state index in [4.69, 9.17) is 23.2 Å². The number of halogens is 2. The maximum absolute atomic E-state index is 12.7. The molecule has 2 heterocycles. The quantitative estimate of drug-likeness (QED) is 0.655. The van der Waals surface area contributed by atoms with Crippen molar-refractivity contribution in [2.45, 2.75) is 25.4 Å². The van der Waals surface area contributed by atoms with Crippen LogP contribution in [0, 0.1) is 0 Å². The Hall–Kier alpha value is -2.09. The van der Waals surface area contributed by atoms with Gasteiger partial charge in [0.25, 0.3) is 5.91 Å². The van der Waals surface area contributed by atoms with Gasteiger partial charge in [0.15, 0.2) is 5.82 Å². The standard InChI is InChI=1S/C18H16Cl2N4O2S/c19-11-3-6-14(20)13(10-11)17(25)21-7-8-23-18(26)24(12-4-5-12)16(22-23)15-2-1-9-27-15/h1-3,6,9-10,12H,4-5,7-8H2,(H,21,25). The lowest BCUT2D eigenvalue weighted by molar-refractivity contribution is 0.0952. The van der Waals surface area contributed by atoms with Crippen molar-refractivity contribution in [2.75, 3.05) is 6.54 Å². The van der Waals surface area contributed by atoms with Gasteiger partial charge in [0.05, 0.1) is 22.0 Å². The predicted octanol–water partition coefficient (Wildman–Crippen LogP) is 3.85. The molecule has 1 saturated carbocycles. The molecule has 1 aliphatic rings. The normalized spacial score (nSPS) is 13.7. The summed E-state index contributed by atoms with van der Waals surface area (Å²) >= 11 is 13.5. The Balaban J connectivity index is 1.49. The highest BCUT2D eigenvalue weighted by molar-refractivity contribution is 7.13. The van der Waals surface area contributed by atoms with Gasteiger partial charge in [-0.2, -0.15) is 0 Å². The van der Waals surface area contributed by atoms with Crippen LogP contribution in [0.2, 0.25) is 10.0 Å². The zero-order chi connectivity index (χ0) is 19.0. The van der Waals surface area contributed by atoms with E-state index in [0.717, 1.165) is 17.7 Å². The van der Waals surface area contributed by atoms with Crippen LogP contribution < -0.4 is 11.0 Å². The van der Waals surface area contributed by atoms with E-state index in [1.165, 1.54) is 10.7 Å². The van der Waals surface area contributed by atoms with Crippen LogP contribution in [-0.4, -0.2) is 26.8 Å². The molecule has 27 heavy (non-hydrogen) atoms. The summed E-state index contributed by atoms with van der Waals surface area (Å²) in [5.74, 6) is 0.359. The number of aromatic nitrogens is 3. The number of hydrogen-bond donors (Lipinski definition) is 1.